The molecule has 2 heteroatoms. The van der Waals surface area contributed by atoms with E-state index in [2.05, 4.69) is 23.9 Å². The van der Waals surface area contributed by atoms with Gasteiger partial charge in [0, 0.05) is 19.1 Å². The number of nitrogens with zero attached hydrogens (tertiary/aromatic N) is 2. The molecule has 21 heavy (non-hydrogen) atoms. The monoisotopic (exact) mass is 290 g/mol. The fraction of sp³-hybridized carbons (Fsp3) is 1.00. The van der Waals surface area contributed by atoms with Gasteiger partial charge in [0.05, 0.1) is 0 Å². The quantitative estimate of drug-likeness (QED) is 0.782. The molecule has 0 aromatic carbocycles. The summed E-state index contributed by atoms with van der Waals surface area (Å²) in [4.78, 5) is 5.26. The number of piperidine rings is 1. The highest BCUT2D eigenvalue weighted by molar-refractivity contribution is 5.02. The highest BCUT2D eigenvalue weighted by atomic mass is 15.2. The Kier molecular flexibility index (Phi) is 4.04. The van der Waals surface area contributed by atoms with E-state index in [1.165, 1.54) is 38.9 Å². The highest BCUT2D eigenvalue weighted by Gasteiger charge is 2.51. The van der Waals surface area contributed by atoms with Crippen LogP contribution >= 0.6 is 0 Å². The summed E-state index contributed by atoms with van der Waals surface area (Å²) in [6.07, 6.45) is 12.4. The zero-order valence-electron chi connectivity index (χ0n) is 14.1. The first-order valence-electron chi connectivity index (χ1n) is 9.59. The van der Waals surface area contributed by atoms with Crippen LogP contribution in [0.3, 0.4) is 0 Å². The van der Waals surface area contributed by atoms with Crippen LogP contribution in [0.4, 0.5) is 0 Å². The van der Waals surface area contributed by atoms with Gasteiger partial charge in [0.1, 0.15) is 0 Å². The predicted molar refractivity (Wildman–Crippen MR) is 88.3 cm³/mol. The van der Waals surface area contributed by atoms with E-state index in [1.807, 2.05) is 0 Å². The molecule has 5 aliphatic rings. The van der Waals surface area contributed by atoms with Crippen molar-refractivity contribution in [2.45, 2.75) is 57.4 Å². The Hall–Kier alpha value is -0.0800. The van der Waals surface area contributed by atoms with Crippen molar-refractivity contribution in [1.82, 2.24) is 9.80 Å². The number of likely N-dealkylation sites (tertiary alicyclic amines) is 1. The molecule has 0 N–H and O–H groups in total. The maximum Gasteiger partial charge on any atom is 0.0129 e. The van der Waals surface area contributed by atoms with Gasteiger partial charge < -0.3 is 4.90 Å². The van der Waals surface area contributed by atoms with E-state index in [0.29, 0.717) is 0 Å². The predicted octanol–water partition coefficient (Wildman–Crippen LogP) is 3.47. The molecular formula is C19H34N2. The minimum atomic E-state index is 0.939. The summed E-state index contributed by atoms with van der Waals surface area (Å²) in [6.45, 7) is 3.92. The van der Waals surface area contributed by atoms with Crippen LogP contribution in [0.15, 0.2) is 0 Å². The lowest BCUT2D eigenvalue weighted by molar-refractivity contribution is -0.0822. The van der Waals surface area contributed by atoms with Crippen molar-refractivity contribution in [2.24, 2.45) is 29.6 Å². The SMILES string of the molecule is CN(C)CCN1CCCCC1C1C2CC3CC(C2)CC1C3. The largest absolute Gasteiger partial charge is 0.308 e. The van der Waals surface area contributed by atoms with Gasteiger partial charge in [-0.15, -0.1) is 0 Å². The molecule has 120 valence electrons. The molecule has 1 aliphatic heterocycles. The molecule has 1 atom stereocenters. The first-order valence-corrected chi connectivity index (χ1v) is 9.59. The van der Waals surface area contributed by atoms with E-state index in [-0.39, 0.29) is 0 Å². The fourth-order valence-corrected chi connectivity index (χ4v) is 6.65. The zero-order valence-corrected chi connectivity index (χ0v) is 14.1. The van der Waals surface area contributed by atoms with Crippen LogP contribution < -0.4 is 0 Å². The number of hydrogen-bond donors (Lipinski definition) is 0. The van der Waals surface area contributed by atoms with Gasteiger partial charge >= 0.3 is 0 Å². The number of hydrogen-bond acceptors (Lipinski definition) is 2. The second-order valence-corrected chi connectivity index (χ2v) is 8.91. The van der Waals surface area contributed by atoms with Crippen LogP contribution in [0.25, 0.3) is 0 Å². The van der Waals surface area contributed by atoms with Gasteiger partial charge in [-0.1, -0.05) is 6.42 Å². The Bertz CT molecular complexity index is 337. The van der Waals surface area contributed by atoms with E-state index in [1.54, 1.807) is 32.1 Å². The Morgan fingerprint density at radius 3 is 2.19 bits per heavy atom. The smallest absolute Gasteiger partial charge is 0.0129 e. The molecule has 4 aliphatic carbocycles. The van der Waals surface area contributed by atoms with Crippen molar-refractivity contribution in [2.75, 3.05) is 33.7 Å². The molecule has 1 saturated heterocycles. The molecule has 0 radical (unpaired) electrons. The topological polar surface area (TPSA) is 6.48 Å². The minimum Gasteiger partial charge on any atom is -0.308 e. The molecule has 1 heterocycles. The molecule has 5 rings (SSSR count). The van der Waals surface area contributed by atoms with Gasteiger partial charge in [0.25, 0.3) is 0 Å². The van der Waals surface area contributed by atoms with Gasteiger partial charge in [0.15, 0.2) is 0 Å². The van der Waals surface area contributed by atoms with Crippen LogP contribution in [0.5, 0.6) is 0 Å². The Balaban J connectivity index is 1.48. The lowest BCUT2D eigenvalue weighted by Crippen LogP contribution is -2.56. The molecule has 1 unspecified atom stereocenters. The second-order valence-electron chi connectivity index (χ2n) is 8.91. The van der Waals surface area contributed by atoms with E-state index in [4.69, 9.17) is 0 Å². The maximum atomic E-state index is 2.90. The summed E-state index contributed by atoms with van der Waals surface area (Å²) < 4.78 is 0. The minimum absolute atomic E-state index is 0.939. The normalized spacial score (nSPS) is 46.4. The number of rotatable bonds is 4. The molecule has 4 bridgehead atoms. The van der Waals surface area contributed by atoms with Gasteiger partial charge in [-0.3, -0.25) is 4.90 Å². The summed E-state index contributed by atoms with van der Waals surface area (Å²) in [5.41, 5.74) is 0. The molecule has 0 spiro atoms. The van der Waals surface area contributed by atoms with Crippen LogP contribution in [0, 0.1) is 29.6 Å². The van der Waals surface area contributed by atoms with Gasteiger partial charge in [-0.2, -0.15) is 0 Å². The van der Waals surface area contributed by atoms with E-state index >= 15 is 0 Å². The highest BCUT2D eigenvalue weighted by Crippen LogP contribution is 2.58. The van der Waals surface area contributed by atoms with Gasteiger partial charge in [-0.05, 0) is 95.2 Å². The van der Waals surface area contributed by atoms with E-state index < -0.39 is 0 Å². The van der Waals surface area contributed by atoms with Crippen molar-refractivity contribution in [3.05, 3.63) is 0 Å². The summed E-state index contributed by atoms with van der Waals surface area (Å²) in [7, 11) is 4.45. The fourth-order valence-electron chi connectivity index (χ4n) is 6.65. The summed E-state index contributed by atoms with van der Waals surface area (Å²) in [5, 5.41) is 0. The van der Waals surface area contributed by atoms with Gasteiger partial charge in [0.2, 0.25) is 0 Å². The molecule has 0 amide bonds. The Morgan fingerprint density at radius 2 is 1.57 bits per heavy atom. The third-order valence-electron chi connectivity index (χ3n) is 7.24. The number of likely N-dealkylation sites (N-methyl/N-ethyl adjacent to an activating group) is 1. The van der Waals surface area contributed by atoms with Crippen LogP contribution in [-0.4, -0.2) is 49.6 Å². The summed E-state index contributed by atoms with van der Waals surface area (Å²) in [6, 6.07) is 0.939. The van der Waals surface area contributed by atoms with Crippen molar-refractivity contribution >= 4 is 0 Å². The molecule has 4 saturated carbocycles. The van der Waals surface area contributed by atoms with Crippen LogP contribution in [-0.2, 0) is 0 Å². The van der Waals surface area contributed by atoms with Crippen LogP contribution in [0.1, 0.15) is 51.4 Å². The van der Waals surface area contributed by atoms with E-state index in [9.17, 15) is 0 Å². The lowest BCUT2D eigenvalue weighted by Gasteiger charge is -2.58. The molecule has 2 nitrogen and oxygen atoms in total. The average Bonchev–Trinajstić information content (AvgIpc) is 2.45. The van der Waals surface area contributed by atoms with Crippen molar-refractivity contribution in [3.8, 4) is 0 Å². The van der Waals surface area contributed by atoms with Crippen LogP contribution in [0.2, 0.25) is 0 Å². The van der Waals surface area contributed by atoms with E-state index in [0.717, 1.165) is 35.6 Å². The Labute approximate surface area is 131 Å². The lowest BCUT2D eigenvalue weighted by atomic mass is 9.50. The third-order valence-corrected chi connectivity index (χ3v) is 7.24. The van der Waals surface area contributed by atoms with Crippen molar-refractivity contribution in [3.63, 3.8) is 0 Å². The van der Waals surface area contributed by atoms with Gasteiger partial charge in [-0.25, -0.2) is 0 Å². The summed E-state index contributed by atoms with van der Waals surface area (Å²) in [5.74, 6) is 5.53. The average molecular weight is 290 g/mol. The van der Waals surface area contributed by atoms with Crippen molar-refractivity contribution < 1.29 is 0 Å². The zero-order chi connectivity index (χ0) is 14.4. The second kappa shape index (κ2) is 5.85. The van der Waals surface area contributed by atoms with Crippen molar-refractivity contribution in [1.29, 1.82) is 0 Å². The molecule has 0 aromatic heterocycles. The standard InChI is InChI=1S/C19H34N2/c1-20(2)7-8-21-6-4-3-5-18(21)19-16-10-14-9-15(12-16)13-17(19)11-14/h14-19H,3-13H2,1-2H3. The third kappa shape index (κ3) is 2.79. The maximum absolute atomic E-state index is 2.90. The Morgan fingerprint density at radius 1 is 0.905 bits per heavy atom. The first-order chi connectivity index (χ1) is 10.2. The first kappa shape index (κ1) is 14.5. The molecular weight excluding hydrogens is 256 g/mol. The summed E-state index contributed by atoms with van der Waals surface area (Å²) >= 11 is 0. The molecule has 0 aromatic rings. The molecule has 5 fully saturated rings.